The number of benzene rings is 2. The summed E-state index contributed by atoms with van der Waals surface area (Å²) in [5.74, 6) is -1.59. The predicted molar refractivity (Wildman–Crippen MR) is 114 cm³/mol. The van der Waals surface area contributed by atoms with Gasteiger partial charge in [-0.3, -0.25) is 24.6 Å². The third-order valence-electron chi connectivity index (χ3n) is 5.53. The van der Waals surface area contributed by atoms with E-state index in [1.54, 1.807) is 0 Å². The van der Waals surface area contributed by atoms with E-state index in [2.05, 4.69) is 5.32 Å². The third-order valence-corrected chi connectivity index (χ3v) is 5.53. The number of urea groups is 1. The molecule has 1 unspecified atom stereocenters. The number of imide groups is 1. The normalized spacial score (nSPS) is 17.9. The van der Waals surface area contributed by atoms with Crippen molar-refractivity contribution in [2.24, 2.45) is 0 Å². The van der Waals surface area contributed by atoms with Gasteiger partial charge in [0.05, 0.1) is 4.92 Å². The first kappa shape index (κ1) is 22.9. The Balaban J connectivity index is 1.82. The SMILES string of the molecule is CCCCC1(c2ccc(F)cc2)NC(=O)N(CC(=O)N(C)c2ccc([N+](=O)[O-])cc2)C1=O. The molecule has 2 aromatic carbocycles. The molecule has 0 bridgehead atoms. The van der Waals surface area contributed by atoms with Gasteiger partial charge in [-0.2, -0.15) is 0 Å². The van der Waals surface area contributed by atoms with Crippen molar-refractivity contribution in [2.75, 3.05) is 18.5 Å². The average Bonchev–Trinajstić information content (AvgIpc) is 3.02. The summed E-state index contributed by atoms with van der Waals surface area (Å²) in [5, 5.41) is 13.5. The second kappa shape index (κ2) is 9.13. The van der Waals surface area contributed by atoms with Gasteiger partial charge in [0.25, 0.3) is 11.6 Å². The quantitative estimate of drug-likeness (QED) is 0.383. The second-order valence-electron chi connectivity index (χ2n) is 7.56. The summed E-state index contributed by atoms with van der Waals surface area (Å²) in [7, 11) is 1.45. The summed E-state index contributed by atoms with van der Waals surface area (Å²) < 4.78 is 13.4. The number of non-ortho nitro benzene ring substituents is 1. The van der Waals surface area contributed by atoms with E-state index in [4.69, 9.17) is 0 Å². The topological polar surface area (TPSA) is 113 Å². The van der Waals surface area contributed by atoms with Crippen molar-refractivity contribution >= 4 is 29.2 Å². The molecule has 1 N–H and O–H groups in total. The predicted octanol–water partition coefficient (Wildman–Crippen LogP) is 3.33. The Morgan fingerprint density at radius 2 is 1.78 bits per heavy atom. The lowest BCUT2D eigenvalue weighted by molar-refractivity contribution is -0.384. The summed E-state index contributed by atoms with van der Waals surface area (Å²) >= 11 is 0. The number of amides is 4. The van der Waals surface area contributed by atoms with Crippen molar-refractivity contribution in [3.8, 4) is 0 Å². The number of anilines is 1. The molecule has 9 nitrogen and oxygen atoms in total. The molecule has 0 radical (unpaired) electrons. The Morgan fingerprint density at radius 3 is 2.34 bits per heavy atom. The maximum absolute atomic E-state index is 13.4. The molecule has 10 heteroatoms. The number of carbonyl (C=O) groups is 3. The highest BCUT2D eigenvalue weighted by Gasteiger charge is 2.52. The molecular weight excluding hydrogens is 419 g/mol. The number of nitro benzene ring substituents is 1. The van der Waals surface area contributed by atoms with Crippen LogP contribution in [0.5, 0.6) is 0 Å². The monoisotopic (exact) mass is 442 g/mol. The molecule has 1 atom stereocenters. The Bertz CT molecular complexity index is 1040. The summed E-state index contributed by atoms with van der Waals surface area (Å²) in [6.45, 7) is 1.44. The number of rotatable bonds is 8. The molecule has 2 aromatic rings. The first-order valence-corrected chi connectivity index (χ1v) is 10.1. The van der Waals surface area contributed by atoms with Crippen LogP contribution < -0.4 is 10.2 Å². The lowest BCUT2D eigenvalue weighted by atomic mass is 9.85. The third kappa shape index (κ3) is 4.29. The molecule has 0 aromatic heterocycles. The van der Waals surface area contributed by atoms with Crippen LogP contribution in [0.25, 0.3) is 0 Å². The average molecular weight is 442 g/mol. The van der Waals surface area contributed by atoms with Crippen molar-refractivity contribution < 1.29 is 23.7 Å². The first-order valence-electron chi connectivity index (χ1n) is 10.1. The summed E-state index contributed by atoms with van der Waals surface area (Å²) in [6, 6.07) is 9.99. The molecule has 0 spiro atoms. The van der Waals surface area contributed by atoms with Gasteiger partial charge in [-0.15, -0.1) is 0 Å². The number of hydrogen-bond acceptors (Lipinski definition) is 5. The number of halogens is 1. The number of nitrogens with zero attached hydrogens (tertiary/aromatic N) is 3. The number of hydrogen-bond donors (Lipinski definition) is 1. The van der Waals surface area contributed by atoms with Gasteiger partial charge in [0.2, 0.25) is 5.91 Å². The molecule has 1 aliphatic heterocycles. The van der Waals surface area contributed by atoms with Crippen LogP contribution in [-0.2, 0) is 15.1 Å². The van der Waals surface area contributed by atoms with Crippen LogP contribution in [0.3, 0.4) is 0 Å². The van der Waals surface area contributed by atoms with Crippen LogP contribution in [0.2, 0.25) is 0 Å². The van der Waals surface area contributed by atoms with Gasteiger partial charge >= 0.3 is 6.03 Å². The molecule has 0 saturated carbocycles. The van der Waals surface area contributed by atoms with Crippen LogP contribution in [0.15, 0.2) is 48.5 Å². The molecule has 1 heterocycles. The summed E-state index contributed by atoms with van der Waals surface area (Å²) in [5.41, 5.74) is -0.663. The zero-order valence-electron chi connectivity index (χ0n) is 17.7. The van der Waals surface area contributed by atoms with E-state index >= 15 is 0 Å². The fourth-order valence-electron chi connectivity index (χ4n) is 3.64. The minimum atomic E-state index is -1.37. The largest absolute Gasteiger partial charge is 0.325 e. The molecule has 3 rings (SSSR count). The minimum Gasteiger partial charge on any atom is -0.319 e. The van der Waals surface area contributed by atoms with Gasteiger partial charge < -0.3 is 10.2 Å². The zero-order valence-corrected chi connectivity index (χ0v) is 17.7. The molecule has 1 saturated heterocycles. The van der Waals surface area contributed by atoms with Gasteiger partial charge in [-0.1, -0.05) is 31.9 Å². The minimum absolute atomic E-state index is 0.122. The smallest absolute Gasteiger partial charge is 0.319 e. The van der Waals surface area contributed by atoms with Crippen molar-refractivity contribution in [2.45, 2.75) is 31.7 Å². The van der Waals surface area contributed by atoms with Crippen molar-refractivity contribution in [1.29, 1.82) is 0 Å². The Hall–Kier alpha value is -3.82. The van der Waals surface area contributed by atoms with Crippen LogP contribution in [0.1, 0.15) is 31.7 Å². The van der Waals surface area contributed by atoms with Gasteiger partial charge in [0, 0.05) is 24.9 Å². The highest BCUT2D eigenvalue weighted by Crippen LogP contribution is 2.34. The van der Waals surface area contributed by atoms with Crippen LogP contribution >= 0.6 is 0 Å². The van der Waals surface area contributed by atoms with E-state index in [1.807, 2.05) is 6.92 Å². The maximum atomic E-state index is 13.4. The Kier molecular flexibility index (Phi) is 6.52. The molecule has 32 heavy (non-hydrogen) atoms. The maximum Gasteiger partial charge on any atom is 0.325 e. The lowest BCUT2D eigenvalue weighted by Crippen LogP contribution is -2.45. The summed E-state index contributed by atoms with van der Waals surface area (Å²) in [4.78, 5) is 51.1. The number of nitrogens with one attached hydrogen (secondary N) is 1. The van der Waals surface area contributed by atoms with E-state index in [9.17, 15) is 28.9 Å². The lowest BCUT2D eigenvalue weighted by Gasteiger charge is -2.27. The van der Waals surface area contributed by atoms with Crippen molar-refractivity contribution in [3.05, 3.63) is 70.0 Å². The first-order chi connectivity index (χ1) is 15.2. The number of carbonyl (C=O) groups excluding carboxylic acids is 3. The number of likely N-dealkylation sites (N-methyl/N-ethyl adjacent to an activating group) is 1. The summed E-state index contributed by atoms with van der Waals surface area (Å²) in [6.07, 6.45) is 1.71. The number of unbranched alkanes of at least 4 members (excludes halogenated alkanes) is 1. The molecule has 0 aliphatic carbocycles. The van der Waals surface area contributed by atoms with Gasteiger partial charge in [-0.25, -0.2) is 9.18 Å². The van der Waals surface area contributed by atoms with Crippen molar-refractivity contribution in [1.82, 2.24) is 10.2 Å². The molecule has 4 amide bonds. The molecule has 1 fully saturated rings. The Morgan fingerprint density at radius 1 is 1.16 bits per heavy atom. The molecule has 168 valence electrons. The molecule has 1 aliphatic rings. The zero-order chi connectivity index (χ0) is 23.5. The van der Waals surface area contributed by atoms with E-state index in [1.165, 1.54) is 60.5 Å². The van der Waals surface area contributed by atoms with E-state index in [0.717, 1.165) is 11.3 Å². The van der Waals surface area contributed by atoms with Crippen LogP contribution in [-0.4, -0.2) is 41.3 Å². The highest BCUT2D eigenvalue weighted by molar-refractivity contribution is 6.10. The second-order valence-corrected chi connectivity index (χ2v) is 7.56. The fraction of sp³-hybridized carbons (Fsp3) is 0.318. The number of nitro groups is 1. The van der Waals surface area contributed by atoms with Gasteiger partial charge in [-0.05, 0) is 36.2 Å². The molecular formula is C22H23FN4O5. The van der Waals surface area contributed by atoms with E-state index in [-0.39, 0.29) is 5.69 Å². The van der Waals surface area contributed by atoms with Gasteiger partial charge in [0.15, 0.2) is 0 Å². The highest BCUT2D eigenvalue weighted by atomic mass is 19.1. The standard InChI is InChI=1S/C22H23FN4O5/c1-3-4-13-22(15-5-7-16(23)8-6-15)20(29)26(21(30)24-22)14-19(28)25(2)17-9-11-18(12-10-17)27(31)32/h5-12H,3-4,13-14H2,1-2H3,(H,24,30). The van der Waals surface area contributed by atoms with Gasteiger partial charge in [0.1, 0.15) is 17.9 Å². The van der Waals surface area contributed by atoms with Crippen molar-refractivity contribution in [3.63, 3.8) is 0 Å². The van der Waals surface area contributed by atoms with Crippen LogP contribution in [0, 0.1) is 15.9 Å². The van der Waals surface area contributed by atoms with E-state index < -0.39 is 40.7 Å². The Labute approximate surface area is 184 Å². The van der Waals surface area contributed by atoms with Crippen LogP contribution in [0.4, 0.5) is 20.6 Å². The fourth-order valence-corrected chi connectivity index (χ4v) is 3.64. The van der Waals surface area contributed by atoms with E-state index in [0.29, 0.717) is 24.1 Å².